The highest BCUT2D eigenvalue weighted by molar-refractivity contribution is 7.92. The van der Waals surface area contributed by atoms with Gasteiger partial charge in [-0.3, -0.25) is 4.79 Å². The van der Waals surface area contributed by atoms with E-state index in [9.17, 15) is 13.2 Å². The van der Waals surface area contributed by atoms with E-state index in [1.54, 1.807) is 24.3 Å². The molecular formula is C15H13ClO3S. The molecule has 0 heterocycles. The molecule has 0 aromatic heterocycles. The normalized spacial score (nSPS) is 11.2. The van der Waals surface area contributed by atoms with Crippen molar-refractivity contribution in [3.8, 4) is 0 Å². The minimum atomic E-state index is -3.69. The van der Waals surface area contributed by atoms with Gasteiger partial charge < -0.3 is 0 Å². The van der Waals surface area contributed by atoms with E-state index in [-0.39, 0.29) is 22.1 Å². The molecule has 2 aromatic rings. The lowest BCUT2D eigenvalue weighted by atomic mass is 10.1. The summed E-state index contributed by atoms with van der Waals surface area (Å²) in [6, 6.07) is 15.2. The van der Waals surface area contributed by atoms with Crippen LogP contribution in [0.15, 0.2) is 59.5 Å². The summed E-state index contributed by atoms with van der Waals surface area (Å²) in [4.78, 5) is 11.9. The van der Waals surface area contributed by atoms with Gasteiger partial charge in [-0.1, -0.05) is 54.1 Å². The zero-order valence-corrected chi connectivity index (χ0v) is 12.2. The summed E-state index contributed by atoms with van der Waals surface area (Å²) >= 11 is 5.86. The predicted octanol–water partition coefficient (Wildman–Crippen LogP) is 2.93. The number of carbonyl (C=O) groups is 1. The molecule has 0 radical (unpaired) electrons. The van der Waals surface area contributed by atoms with E-state index in [4.69, 9.17) is 11.6 Å². The Balaban J connectivity index is 2.13. The van der Waals surface area contributed by atoms with E-state index >= 15 is 0 Å². The molecule has 3 nitrogen and oxygen atoms in total. The van der Waals surface area contributed by atoms with Crippen molar-refractivity contribution >= 4 is 27.2 Å². The molecule has 0 atom stereocenters. The van der Waals surface area contributed by atoms with E-state index in [0.717, 1.165) is 5.56 Å². The lowest BCUT2D eigenvalue weighted by Crippen LogP contribution is -2.18. The molecule has 0 unspecified atom stereocenters. The van der Waals surface area contributed by atoms with Crippen molar-refractivity contribution < 1.29 is 13.2 Å². The van der Waals surface area contributed by atoms with Gasteiger partial charge in [0.15, 0.2) is 15.6 Å². The molecule has 0 saturated carbocycles. The number of carbonyl (C=O) groups excluding carboxylic acids is 1. The minimum absolute atomic E-state index is 0.00285. The van der Waals surface area contributed by atoms with Crippen LogP contribution in [-0.2, 0) is 21.1 Å². The largest absolute Gasteiger partial charge is 0.298 e. The second-order valence-corrected chi connectivity index (χ2v) is 6.76. The molecule has 0 aliphatic rings. The van der Waals surface area contributed by atoms with Crippen LogP contribution in [0.3, 0.4) is 0 Å². The molecule has 104 valence electrons. The molecule has 0 fully saturated rings. The SMILES string of the molecule is O=C(Cc1ccccc1)CS(=O)(=O)c1ccccc1Cl. The maximum Gasteiger partial charge on any atom is 0.186 e. The van der Waals surface area contributed by atoms with Crippen LogP contribution in [0.5, 0.6) is 0 Å². The molecule has 2 aromatic carbocycles. The third-order valence-electron chi connectivity index (χ3n) is 2.77. The van der Waals surface area contributed by atoms with Crippen LogP contribution < -0.4 is 0 Å². The molecule has 0 aliphatic carbocycles. The second kappa shape index (κ2) is 6.20. The topological polar surface area (TPSA) is 51.2 Å². The monoisotopic (exact) mass is 308 g/mol. The Morgan fingerprint density at radius 1 is 0.950 bits per heavy atom. The van der Waals surface area contributed by atoms with Crippen LogP contribution in [-0.4, -0.2) is 20.0 Å². The fraction of sp³-hybridized carbons (Fsp3) is 0.133. The van der Waals surface area contributed by atoms with E-state index in [0.29, 0.717) is 0 Å². The summed E-state index contributed by atoms with van der Waals surface area (Å²) in [5, 5.41) is 0.139. The van der Waals surface area contributed by atoms with Gasteiger partial charge in [0, 0.05) is 6.42 Å². The summed E-state index contributed by atoms with van der Waals surface area (Å²) in [6.45, 7) is 0. The van der Waals surface area contributed by atoms with Crippen molar-refractivity contribution in [1.29, 1.82) is 0 Å². The average molecular weight is 309 g/mol. The number of hydrogen-bond acceptors (Lipinski definition) is 3. The molecule has 0 amide bonds. The Morgan fingerprint density at radius 2 is 1.55 bits per heavy atom. The molecule has 0 spiro atoms. The number of ketones is 1. The lowest BCUT2D eigenvalue weighted by molar-refractivity contribution is -0.116. The summed E-state index contributed by atoms with van der Waals surface area (Å²) in [7, 11) is -3.69. The van der Waals surface area contributed by atoms with Gasteiger partial charge in [0.2, 0.25) is 0 Å². The Bertz CT molecular complexity index is 709. The first kappa shape index (κ1) is 14.8. The van der Waals surface area contributed by atoms with E-state index in [1.165, 1.54) is 12.1 Å². The third kappa shape index (κ3) is 3.68. The summed E-state index contributed by atoms with van der Waals surface area (Å²) in [6.07, 6.45) is 0.102. The second-order valence-electron chi connectivity index (χ2n) is 4.39. The zero-order valence-electron chi connectivity index (χ0n) is 10.6. The van der Waals surface area contributed by atoms with E-state index < -0.39 is 15.6 Å². The Hall–Kier alpha value is -1.65. The molecule has 2 rings (SSSR count). The summed E-state index contributed by atoms with van der Waals surface area (Å²) in [5.41, 5.74) is 0.798. The molecule has 0 saturated heterocycles. The van der Waals surface area contributed by atoms with Crippen LogP contribution in [0.2, 0.25) is 5.02 Å². The first-order chi connectivity index (χ1) is 9.49. The first-order valence-corrected chi connectivity index (χ1v) is 8.05. The highest BCUT2D eigenvalue weighted by Gasteiger charge is 2.21. The number of Topliss-reactive ketones (excluding diaryl/α,β-unsaturated/α-hetero) is 1. The quantitative estimate of drug-likeness (QED) is 0.853. The highest BCUT2D eigenvalue weighted by atomic mass is 35.5. The molecular weight excluding hydrogens is 296 g/mol. The van der Waals surface area contributed by atoms with Gasteiger partial charge in [-0.05, 0) is 17.7 Å². The number of halogens is 1. The summed E-state index contributed by atoms with van der Waals surface area (Å²) < 4.78 is 24.3. The number of hydrogen-bond donors (Lipinski definition) is 0. The summed E-state index contributed by atoms with van der Waals surface area (Å²) in [5.74, 6) is -0.887. The van der Waals surface area contributed by atoms with Gasteiger partial charge in [-0.25, -0.2) is 8.42 Å². The number of sulfone groups is 1. The van der Waals surface area contributed by atoms with Crippen molar-refractivity contribution in [2.45, 2.75) is 11.3 Å². The molecule has 20 heavy (non-hydrogen) atoms. The maximum absolute atomic E-state index is 12.1. The van der Waals surface area contributed by atoms with Gasteiger partial charge in [-0.15, -0.1) is 0 Å². The first-order valence-electron chi connectivity index (χ1n) is 6.02. The number of rotatable bonds is 5. The Kier molecular flexibility index (Phi) is 4.57. The fourth-order valence-electron chi connectivity index (χ4n) is 1.86. The standard InChI is InChI=1S/C15H13ClO3S/c16-14-8-4-5-9-15(14)20(18,19)11-13(17)10-12-6-2-1-3-7-12/h1-9H,10-11H2. The molecule has 0 N–H and O–H groups in total. The van der Waals surface area contributed by atoms with Gasteiger partial charge >= 0.3 is 0 Å². The van der Waals surface area contributed by atoms with Gasteiger partial charge in [0.25, 0.3) is 0 Å². The molecule has 5 heteroatoms. The zero-order chi connectivity index (χ0) is 14.6. The predicted molar refractivity (Wildman–Crippen MR) is 78.7 cm³/mol. The van der Waals surface area contributed by atoms with E-state index in [2.05, 4.69) is 0 Å². The highest BCUT2D eigenvalue weighted by Crippen LogP contribution is 2.22. The van der Waals surface area contributed by atoms with Crippen LogP contribution in [0.1, 0.15) is 5.56 Å². The average Bonchev–Trinajstić information content (AvgIpc) is 2.39. The fourth-order valence-corrected chi connectivity index (χ4v) is 3.68. The van der Waals surface area contributed by atoms with Crippen LogP contribution in [0.25, 0.3) is 0 Å². The minimum Gasteiger partial charge on any atom is -0.298 e. The van der Waals surface area contributed by atoms with Gasteiger partial charge in [0.05, 0.1) is 9.92 Å². The van der Waals surface area contributed by atoms with E-state index in [1.807, 2.05) is 18.2 Å². The van der Waals surface area contributed by atoms with Crippen molar-refractivity contribution in [2.24, 2.45) is 0 Å². The Morgan fingerprint density at radius 3 is 2.20 bits per heavy atom. The van der Waals surface area contributed by atoms with Crippen LogP contribution >= 0.6 is 11.6 Å². The van der Waals surface area contributed by atoms with Crippen molar-refractivity contribution in [3.05, 3.63) is 65.2 Å². The molecule has 0 aliphatic heterocycles. The van der Waals surface area contributed by atoms with Crippen LogP contribution in [0.4, 0.5) is 0 Å². The maximum atomic E-state index is 12.1. The third-order valence-corrected chi connectivity index (χ3v) is 4.94. The lowest BCUT2D eigenvalue weighted by Gasteiger charge is -2.06. The van der Waals surface area contributed by atoms with Crippen molar-refractivity contribution in [1.82, 2.24) is 0 Å². The van der Waals surface area contributed by atoms with Crippen molar-refractivity contribution in [3.63, 3.8) is 0 Å². The van der Waals surface area contributed by atoms with Gasteiger partial charge in [0.1, 0.15) is 5.75 Å². The Labute approximate surface area is 123 Å². The molecule has 0 bridgehead atoms. The number of benzene rings is 2. The van der Waals surface area contributed by atoms with Crippen molar-refractivity contribution in [2.75, 3.05) is 5.75 Å². The van der Waals surface area contributed by atoms with Crippen LogP contribution in [0, 0.1) is 0 Å². The van der Waals surface area contributed by atoms with Gasteiger partial charge in [-0.2, -0.15) is 0 Å². The smallest absolute Gasteiger partial charge is 0.186 e.